The second-order valence-electron chi connectivity index (χ2n) is 4.07. The van der Waals surface area contributed by atoms with E-state index < -0.39 is 42.5 Å². The predicted molar refractivity (Wildman–Crippen MR) is 65.1 cm³/mol. The average molecular weight is 276 g/mol. The summed E-state index contributed by atoms with van der Waals surface area (Å²) in [7, 11) is 1.12. The van der Waals surface area contributed by atoms with Gasteiger partial charge in [-0.15, -0.1) is 0 Å². The predicted octanol–water partition coefficient (Wildman–Crippen LogP) is -1.39. The van der Waals surface area contributed by atoms with E-state index in [0.717, 1.165) is 7.11 Å². The number of esters is 1. The van der Waals surface area contributed by atoms with Crippen molar-refractivity contribution in [3.63, 3.8) is 0 Å². The first-order valence-electron chi connectivity index (χ1n) is 5.87. The van der Waals surface area contributed by atoms with E-state index in [4.69, 9.17) is 10.8 Å². The Kier molecular flexibility index (Phi) is 7.69. The number of hydrogen-bond acceptors (Lipinski definition) is 6. The summed E-state index contributed by atoms with van der Waals surface area (Å²) in [6.45, 7) is 1.80. The molecule has 8 heteroatoms. The molecule has 8 nitrogen and oxygen atoms in total. The number of carboxylic acid groups (broad SMARTS) is 1. The molecule has 0 bridgehead atoms. The van der Waals surface area contributed by atoms with Gasteiger partial charge in [-0.3, -0.25) is 9.59 Å². The monoisotopic (exact) mass is 276 g/mol. The lowest BCUT2D eigenvalue weighted by atomic mass is 10.1. The maximum atomic E-state index is 11.6. The van der Waals surface area contributed by atoms with Gasteiger partial charge in [0.1, 0.15) is 0 Å². The Labute approximate surface area is 110 Å². The molecule has 0 aliphatic heterocycles. The maximum Gasteiger partial charge on any atom is 0.331 e. The number of carboxylic acids is 1. The minimum Gasteiger partial charge on any atom is -0.481 e. The molecule has 1 unspecified atom stereocenters. The van der Waals surface area contributed by atoms with E-state index >= 15 is 0 Å². The summed E-state index contributed by atoms with van der Waals surface area (Å²) in [5.74, 6) is -2.86. The molecule has 1 amide bonds. The van der Waals surface area contributed by atoms with Gasteiger partial charge in [-0.05, 0) is 6.42 Å². The molecule has 0 aromatic rings. The van der Waals surface area contributed by atoms with Crippen molar-refractivity contribution in [3.8, 4) is 0 Å². The summed E-state index contributed by atoms with van der Waals surface area (Å²) in [6, 6.07) is -2.55. The Balaban J connectivity index is 4.67. The Hall–Kier alpha value is -1.67. The zero-order chi connectivity index (χ0) is 15.0. The Morgan fingerprint density at radius 3 is 2.37 bits per heavy atom. The van der Waals surface area contributed by atoms with Crippen LogP contribution < -0.4 is 11.1 Å². The Morgan fingerprint density at radius 2 is 1.95 bits per heavy atom. The molecule has 0 rings (SSSR count). The van der Waals surface area contributed by atoms with Gasteiger partial charge < -0.3 is 26.0 Å². The number of aliphatic hydroxyl groups is 1. The molecule has 0 heterocycles. The highest BCUT2D eigenvalue weighted by Crippen LogP contribution is 2.05. The highest BCUT2D eigenvalue weighted by Gasteiger charge is 2.30. The molecule has 3 atom stereocenters. The van der Waals surface area contributed by atoms with Crippen LogP contribution in [0.4, 0.5) is 0 Å². The summed E-state index contributed by atoms with van der Waals surface area (Å²) in [6.07, 6.45) is -0.790. The number of carbonyl (C=O) groups excluding carboxylic acids is 2. The van der Waals surface area contributed by atoms with Gasteiger partial charge in [-0.2, -0.15) is 0 Å². The van der Waals surface area contributed by atoms with E-state index in [9.17, 15) is 19.5 Å². The van der Waals surface area contributed by atoms with Crippen LogP contribution in [0.2, 0.25) is 0 Å². The molecule has 0 spiro atoms. The molecule has 110 valence electrons. The number of nitrogens with two attached hydrogens (primary N) is 1. The van der Waals surface area contributed by atoms with E-state index in [2.05, 4.69) is 10.1 Å². The molecule has 19 heavy (non-hydrogen) atoms. The number of amides is 1. The van der Waals surface area contributed by atoms with Crippen molar-refractivity contribution < 1.29 is 29.3 Å². The largest absolute Gasteiger partial charge is 0.481 e. The average Bonchev–Trinajstić information content (AvgIpc) is 2.33. The molecular weight excluding hydrogens is 256 g/mol. The first-order chi connectivity index (χ1) is 8.83. The van der Waals surface area contributed by atoms with Gasteiger partial charge in [0.05, 0.1) is 25.7 Å². The molecule has 0 aliphatic carbocycles. The summed E-state index contributed by atoms with van der Waals surface area (Å²) < 4.78 is 4.47. The van der Waals surface area contributed by atoms with Crippen molar-refractivity contribution in [2.75, 3.05) is 7.11 Å². The van der Waals surface area contributed by atoms with E-state index in [1.807, 2.05) is 0 Å². The van der Waals surface area contributed by atoms with Crippen LogP contribution in [0.3, 0.4) is 0 Å². The van der Waals surface area contributed by atoms with E-state index in [1.54, 1.807) is 6.92 Å². The molecular formula is C11H20N2O6. The Bertz CT molecular complexity index is 333. The molecule has 0 aromatic carbocycles. The van der Waals surface area contributed by atoms with Crippen LogP contribution in [0, 0.1) is 0 Å². The van der Waals surface area contributed by atoms with Crippen molar-refractivity contribution in [1.82, 2.24) is 5.32 Å². The zero-order valence-corrected chi connectivity index (χ0v) is 11.0. The molecule has 0 radical (unpaired) electrons. The topological polar surface area (TPSA) is 139 Å². The van der Waals surface area contributed by atoms with E-state index in [0.29, 0.717) is 6.42 Å². The van der Waals surface area contributed by atoms with Gasteiger partial charge in [-0.25, -0.2) is 4.79 Å². The first kappa shape index (κ1) is 17.3. The maximum absolute atomic E-state index is 11.6. The highest BCUT2D eigenvalue weighted by molar-refractivity contribution is 5.90. The number of rotatable bonds is 8. The van der Waals surface area contributed by atoms with Crippen LogP contribution in [-0.4, -0.2) is 53.4 Å². The van der Waals surface area contributed by atoms with Gasteiger partial charge in [-0.1, -0.05) is 13.3 Å². The third-order valence-electron chi connectivity index (χ3n) is 2.45. The molecule has 0 fully saturated rings. The van der Waals surface area contributed by atoms with Gasteiger partial charge in [0.15, 0.2) is 6.04 Å². The van der Waals surface area contributed by atoms with Crippen molar-refractivity contribution in [2.45, 2.75) is 44.4 Å². The number of carbonyl (C=O) groups is 3. The third kappa shape index (κ3) is 6.16. The van der Waals surface area contributed by atoms with Crippen molar-refractivity contribution in [1.29, 1.82) is 0 Å². The number of hydrogen-bond donors (Lipinski definition) is 4. The van der Waals surface area contributed by atoms with Crippen LogP contribution in [0.5, 0.6) is 0 Å². The van der Waals surface area contributed by atoms with Gasteiger partial charge in [0, 0.05) is 0 Å². The van der Waals surface area contributed by atoms with E-state index in [-0.39, 0.29) is 6.42 Å². The van der Waals surface area contributed by atoms with Crippen LogP contribution in [0.25, 0.3) is 0 Å². The minimum atomic E-state index is -1.29. The fraction of sp³-hybridized carbons (Fsp3) is 0.727. The van der Waals surface area contributed by atoms with E-state index in [1.165, 1.54) is 0 Å². The summed E-state index contributed by atoms with van der Waals surface area (Å²) >= 11 is 0. The number of aliphatic carboxylic acids is 1. The van der Waals surface area contributed by atoms with Crippen LogP contribution >= 0.6 is 0 Å². The number of nitrogens with one attached hydrogen (secondary N) is 1. The molecule has 0 saturated heterocycles. The molecule has 0 aromatic heterocycles. The summed E-state index contributed by atoms with van der Waals surface area (Å²) in [5.41, 5.74) is 5.36. The summed E-state index contributed by atoms with van der Waals surface area (Å²) in [4.78, 5) is 33.5. The third-order valence-corrected chi connectivity index (χ3v) is 2.45. The van der Waals surface area contributed by atoms with Gasteiger partial charge in [0.25, 0.3) is 0 Å². The fourth-order valence-electron chi connectivity index (χ4n) is 1.44. The minimum absolute atomic E-state index is 0.286. The highest BCUT2D eigenvalue weighted by atomic mass is 16.5. The van der Waals surface area contributed by atoms with Crippen LogP contribution in [-0.2, 0) is 19.1 Å². The first-order valence-corrected chi connectivity index (χ1v) is 5.87. The zero-order valence-electron chi connectivity index (χ0n) is 11.0. The second-order valence-corrected chi connectivity index (χ2v) is 4.07. The molecule has 5 N–H and O–H groups in total. The fourth-order valence-corrected chi connectivity index (χ4v) is 1.44. The number of methoxy groups -OCH3 is 1. The van der Waals surface area contributed by atoms with Crippen LogP contribution in [0.1, 0.15) is 26.2 Å². The summed E-state index contributed by atoms with van der Waals surface area (Å²) in [5, 5.41) is 20.5. The van der Waals surface area contributed by atoms with Gasteiger partial charge >= 0.3 is 11.9 Å². The number of ether oxygens (including phenoxy) is 1. The van der Waals surface area contributed by atoms with Crippen LogP contribution in [0.15, 0.2) is 0 Å². The molecule has 0 aliphatic rings. The van der Waals surface area contributed by atoms with Crippen molar-refractivity contribution in [2.24, 2.45) is 5.73 Å². The van der Waals surface area contributed by atoms with Gasteiger partial charge in [0.2, 0.25) is 5.91 Å². The normalized spacial score (nSPS) is 15.2. The number of aliphatic hydroxyl groups excluding tert-OH is 1. The van der Waals surface area contributed by atoms with Crippen molar-refractivity contribution in [3.05, 3.63) is 0 Å². The quantitative estimate of drug-likeness (QED) is 0.400. The second kappa shape index (κ2) is 8.44. The lowest BCUT2D eigenvalue weighted by molar-refractivity contribution is -0.148. The standard InChI is InChI=1S/C11H20N2O6/c1-3-4-7(14)9(11(18)19-2)13-10(17)6(12)5-8(15)16/h6-7,9,14H,3-5,12H2,1-2H3,(H,13,17)(H,15,16)/t6-,7?,9-/m0/s1. The Morgan fingerprint density at radius 1 is 1.37 bits per heavy atom. The smallest absolute Gasteiger partial charge is 0.331 e. The lowest BCUT2D eigenvalue weighted by Gasteiger charge is -2.22. The lowest BCUT2D eigenvalue weighted by Crippen LogP contribution is -2.54. The van der Waals surface area contributed by atoms with Crippen molar-refractivity contribution >= 4 is 17.8 Å². The molecule has 0 saturated carbocycles. The SMILES string of the molecule is CCCC(O)[C@H](NC(=O)[C@@H](N)CC(=O)O)C(=O)OC.